The van der Waals surface area contributed by atoms with E-state index in [2.05, 4.69) is 29.7 Å². The van der Waals surface area contributed by atoms with E-state index in [4.69, 9.17) is 10.6 Å². The molecule has 7 heteroatoms. The van der Waals surface area contributed by atoms with Crippen molar-refractivity contribution in [3.63, 3.8) is 0 Å². The van der Waals surface area contributed by atoms with Gasteiger partial charge in [0, 0.05) is 5.69 Å². The first-order chi connectivity index (χ1) is 9.24. The van der Waals surface area contributed by atoms with Crippen LogP contribution in [0.15, 0.2) is 18.2 Å². The zero-order chi connectivity index (χ0) is 15.3. The minimum absolute atomic E-state index is 0.149. The summed E-state index contributed by atoms with van der Waals surface area (Å²) in [5.41, 5.74) is 9.41. The maximum atomic E-state index is 11.0. The summed E-state index contributed by atoms with van der Waals surface area (Å²) in [6.45, 7) is 6.31. The number of carbonyl (C=O) groups excluding carboxylic acids is 1. The number of benzene rings is 1. The van der Waals surface area contributed by atoms with E-state index in [9.17, 15) is 9.59 Å². The number of rotatable bonds is 2. The quantitative estimate of drug-likeness (QED) is 0.377. The minimum Gasteiger partial charge on any atom is -0.478 e. The Labute approximate surface area is 118 Å². The van der Waals surface area contributed by atoms with E-state index in [0.717, 1.165) is 0 Å². The number of carboxylic acid groups (broad SMARTS) is 1. The average Bonchev–Trinajstić information content (AvgIpc) is 2.67. The van der Waals surface area contributed by atoms with Crippen LogP contribution in [0.5, 0.6) is 0 Å². The SMILES string of the molecule is C[Si](C)(C)C=[N+]=[N-].O=C1Cc2c(cccc2C(=O)O)N1. The summed E-state index contributed by atoms with van der Waals surface area (Å²) in [4.78, 5) is 24.6. The van der Waals surface area contributed by atoms with E-state index in [-0.39, 0.29) is 17.9 Å². The molecule has 0 aromatic heterocycles. The highest BCUT2D eigenvalue weighted by atomic mass is 28.3. The molecule has 1 amide bonds. The molecule has 1 aliphatic rings. The van der Waals surface area contributed by atoms with Crippen LogP contribution in [-0.4, -0.2) is 35.7 Å². The molecule has 6 nitrogen and oxygen atoms in total. The first-order valence-corrected chi connectivity index (χ1v) is 9.66. The number of carbonyl (C=O) groups is 2. The van der Waals surface area contributed by atoms with E-state index < -0.39 is 14.0 Å². The van der Waals surface area contributed by atoms with Crippen LogP contribution in [0.1, 0.15) is 15.9 Å². The van der Waals surface area contributed by atoms with Crippen LogP contribution in [-0.2, 0) is 11.2 Å². The van der Waals surface area contributed by atoms with E-state index in [1.807, 2.05) is 0 Å². The first kappa shape index (κ1) is 15.8. The number of carboxylic acids is 1. The molecule has 0 unspecified atom stereocenters. The van der Waals surface area contributed by atoms with Crippen LogP contribution in [0.2, 0.25) is 19.6 Å². The Morgan fingerprint density at radius 2 is 2.10 bits per heavy atom. The van der Waals surface area contributed by atoms with Crippen molar-refractivity contribution < 1.29 is 19.5 Å². The maximum Gasteiger partial charge on any atom is 0.336 e. The molecule has 1 aromatic carbocycles. The van der Waals surface area contributed by atoms with Crippen molar-refractivity contribution in [1.82, 2.24) is 0 Å². The second-order valence-electron chi connectivity index (χ2n) is 5.47. The zero-order valence-corrected chi connectivity index (χ0v) is 12.7. The fourth-order valence-electron chi connectivity index (χ4n) is 1.62. The van der Waals surface area contributed by atoms with Gasteiger partial charge in [0.25, 0.3) is 0 Å². The van der Waals surface area contributed by atoms with Crippen molar-refractivity contribution in [2.45, 2.75) is 26.1 Å². The van der Waals surface area contributed by atoms with Crippen LogP contribution in [0.4, 0.5) is 5.69 Å². The fraction of sp³-hybridized carbons (Fsp3) is 0.308. The highest BCUT2D eigenvalue weighted by Gasteiger charge is 2.22. The Kier molecular flexibility index (Phi) is 4.96. The molecule has 0 bridgehead atoms. The third-order valence-electron chi connectivity index (χ3n) is 2.46. The molecule has 2 rings (SSSR count). The van der Waals surface area contributed by atoms with Crippen molar-refractivity contribution in [2.24, 2.45) is 0 Å². The van der Waals surface area contributed by atoms with Gasteiger partial charge in [-0.3, -0.25) is 4.79 Å². The molecule has 20 heavy (non-hydrogen) atoms. The second-order valence-corrected chi connectivity index (χ2v) is 10.5. The Hall–Kier alpha value is -2.24. The molecule has 0 fully saturated rings. The van der Waals surface area contributed by atoms with Gasteiger partial charge < -0.3 is 16.0 Å². The van der Waals surface area contributed by atoms with Gasteiger partial charge in [-0.25, -0.2) is 4.79 Å². The smallest absolute Gasteiger partial charge is 0.336 e. The van der Waals surface area contributed by atoms with Crippen LogP contribution >= 0.6 is 0 Å². The molecular weight excluding hydrogens is 274 g/mol. The molecule has 0 spiro atoms. The zero-order valence-electron chi connectivity index (χ0n) is 11.7. The Bertz CT molecular complexity index is 587. The van der Waals surface area contributed by atoms with Crippen LogP contribution in [0, 0.1) is 0 Å². The number of amides is 1. The number of fused-ring (bicyclic) bond motifs is 1. The highest BCUT2D eigenvalue weighted by Crippen LogP contribution is 2.25. The van der Waals surface area contributed by atoms with Crippen molar-refractivity contribution in [1.29, 1.82) is 0 Å². The Morgan fingerprint density at radius 1 is 1.45 bits per heavy atom. The number of anilines is 1. The number of hydrogen-bond donors (Lipinski definition) is 2. The van der Waals surface area contributed by atoms with Crippen LogP contribution in [0.25, 0.3) is 5.53 Å². The number of aromatic carboxylic acids is 1. The highest BCUT2D eigenvalue weighted by molar-refractivity contribution is 6.98. The third kappa shape index (κ3) is 4.45. The van der Waals surface area contributed by atoms with Gasteiger partial charge in [-0.15, -0.1) is 0 Å². The molecule has 0 aliphatic carbocycles. The molecule has 0 saturated heterocycles. The summed E-state index contributed by atoms with van der Waals surface area (Å²) in [5.74, 6) is 0.490. The van der Waals surface area contributed by atoms with Gasteiger partial charge in [-0.05, 0) is 17.7 Å². The summed E-state index contributed by atoms with van der Waals surface area (Å²) in [6.07, 6.45) is 0.164. The Morgan fingerprint density at radius 3 is 2.55 bits per heavy atom. The van der Waals surface area contributed by atoms with Crippen molar-refractivity contribution in [2.75, 3.05) is 5.32 Å². The van der Waals surface area contributed by atoms with Gasteiger partial charge >= 0.3 is 5.97 Å². The summed E-state index contributed by atoms with van der Waals surface area (Å²) in [6, 6.07) is 4.82. The summed E-state index contributed by atoms with van der Waals surface area (Å²) < 4.78 is 0. The molecule has 0 radical (unpaired) electrons. The third-order valence-corrected chi connectivity index (χ3v) is 3.35. The van der Waals surface area contributed by atoms with E-state index in [1.54, 1.807) is 18.0 Å². The molecule has 0 atom stereocenters. The first-order valence-electron chi connectivity index (χ1n) is 6.08. The Balaban J connectivity index is 0.000000246. The monoisotopic (exact) mass is 291 g/mol. The second kappa shape index (κ2) is 6.27. The van der Waals surface area contributed by atoms with E-state index in [1.165, 1.54) is 6.07 Å². The van der Waals surface area contributed by atoms with E-state index >= 15 is 0 Å². The molecular formula is C13H17N3O3Si. The van der Waals surface area contributed by atoms with Crippen molar-refractivity contribution >= 4 is 31.5 Å². The fourth-order valence-corrected chi connectivity index (χ4v) is 1.97. The van der Waals surface area contributed by atoms with Crippen LogP contribution < -0.4 is 5.32 Å². The molecule has 106 valence electrons. The van der Waals surface area contributed by atoms with E-state index in [0.29, 0.717) is 11.3 Å². The van der Waals surface area contributed by atoms with Gasteiger partial charge in [-0.2, -0.15) is 4.79 Å². The number of hydrogen-bond acceptors (Lipinski definition) is 2. The van der Waals surface area contributed by atoms with Gasteiger partial charge in [0.2, 0.25) is 11.7 Å². The standard InChI is InChI=1S/C9H7NO3.C4H10N2Si/c11-8-4-6-5(9(12)13)2-1-3-7(6)10-8;1-7(2,3)4-6-5/h1-3H,4H2,(H,10,11)(H,12,13);4H,1-3H3. The minimum atomic E-state index is -1.20. The van der Waals surface area contributed by atoms with Crippen molar-refractivity contribution in [3.05, 3.63) is 34.9 Å². The van der Waals surface area contributed by atoms with Gasteiger partial charge in [-0.1, -0.05) is 25.7 Å². The number of nitrogens with one attached hydrogen (secondary N) is 1. The summed E-state index contributed by atoms with van der Waals surface area (Å²) >= 11 is 0. The largest absolute Gasteiger partial charge is 0.478 e. The number of nitrogens with zero attached hydrogens (tertiary/aromatic N) is 2. The molecule has 1 aliphatic heterocycles. The average molecular weight is 291 g/mol. The lowest BCUT2D eigenvalue weighted by Crippen LogP contribution is -2.22. The van der Waals surface area contributed by atoms with Gasteiger partial charge in [0.15, 0.2) is 8.07 Å². The predicted molar refractivity (Wildman–Crippen MR) is 78.8 cm³/mol. The normalized spacial score (nSPS) is 12.4. The van der Waals surface area contributed by atoms with Gasteiger partial charge in [0.05, 0.1) is 12.0 Å². The van der Waals surface area contributed by atoms with Crippen LogP contribution in [0.3, 0.4) is 0 Å². The predicted octanol–water partition coefficient (Wildman–Crippen LogP) is 2.04. The molecule has 0 saturated carbocycles. The maximum absolute atomic E-state index is 11.0. The lowest BCUT2D eigenvalue weighted by molar-refractivity contribution is -0.115. The summed E-state index contributed by atoms with van der Waals surface area (Å²) in [7, 11) is -1.20. The van der Waals surface area contributed by atoms with Crippen molar-refractivity contribution in [3.8, 4) is 0 Å². The van der Waals surface area contributed by atoms with Gasteiger partial charge in [0.1, 0.15) is 0 Å². The lowest BCUT2D eigenvalue weighted by Gasteiger charge is -2.00. The topological polar surface area (TPSA) is 103 Å². The molecule has 2 N–H and O–H groups in total. The summed E-state index contributed by atoms with van der Waals surface area (Å²) in [5, 5.41) is 11.4. The lowest BCUT2D eigenvalue weighted by atomic mass is 10.1. The molecule has 1 aromatic rings. The molecule has 1 heterocycles.